The SMILES string of the molecule is Cc1cccc(CSc2nc3c(c(=O)[nH]2)C(c2c(Cl)cccc2Cl)CC(=O)N3)c1. The molecule has 4 rings (SSSR count). The number of hydrogen-bond donors (Lipinski definition) is 2. The largest absolute Gasteiger partial charge is 0.310 e. The van der Waals surface area contributed by atoms with E-state index in [1.54, 1.807) is 18.2 Å². The number of aromatic amines is 1. The van der Waals surface area contributed by atoms with Gasteiger partial charge in [-0.3, -0.25) is 9.59 Å². The number of hydrogen-bond acceptors (Lipinski definition) is 4. The number of rotatable bonds is 4. The molecule has 2 N–H and O–H groups in total. The lowest BCUT2D eigenvalue weighted by Gasteiger charge is -2.25. The number of amides is 1. The monoisotopic (exact) mass is 445 g/mol. The molecule has 1 unspecified atom stereocenters. The molecule has 8 heteroatoms. The third-order valence-corrected chi connectivity index (χ3v) is 6.34. The summed E-state index contributed by atoms with van der Waals surface area (Å²) in [6, 6.07) is 13.3. The Bertz CT molecular complexity index is 1140. The minimum Gasteiger partial charge on any atom is -0.310 e. The predicted molar refractivity (Wildman–Crippen MR) is 117 cm³/mol. The Kier molecular flexibility index (Phi) is 5.67. The van der Waals surface area contributed by atoms with Crippen molar-refractivity contribution in [3.05, 3.63) is 85.1 Å². The number of aromatic nitrogens is 2. The van der Waals surface area contributed by atoms with Crippen molar-refractivity contribution in [1.82, 2.24) is 9.97 Å². The maximum atomic E-state index is 12.9. The van der Waals surface area contributed by atoms with E-state index >= 15 is 0 Å². The first kappa shape index (κ1) is 20.0. The number of carbonyl (C=O) groups excluding carboxylic acids is 1. The van der Waals surface area contributed by atoms with E-state index in [-0.39, 0.29) is 23.7 Å². The van der Waals surface area contributed by atoms with Gasteiger partial charge in [-0.25, -0.2) is 4.98 Å². The van der Waals surface area contributed by atoms with Gasteiger partial charge in [-0.05, 0) is 30.2 Å². The average Bonchev–Trinajstić information content (AvgIpc) is 2.65. The molecule has 1 atom stereocenters. The number of fused-ring (bicyclic) bond motifs is 1. The van der Waals surface area contributed by atoms with Gasteiger partial charge in [0.05, 0.1) is 5.56 Å². The van der Waals surface area contributed by atoms with Crippen molar-refractivity contribution < 1.29 is 4.79 Å². The number of halogens is 2. The fourth-order valence-corrected chi connectivity index (χ4v) is 4.93. The second kappa shape index (κ2) is 8.22. The number of thioether (sulfide) groups is 1. The number of nitrogens with one attached hydrogen (secondary N) is 2. The molecule has 29 heavy (non-hydrogen) atoms. The summed E-state index contributed by atoms with van der Waals surface area (Å²) in [7, 11) is 0. The number of benzene rings is 2. The lowest BCUT2D eigenvalue weighted by Crippen LogP contribution is -2.31. The first-order chi connectivity index (χ1) is 13.9. The number of anilines is 1. The van der Waals surface area contributed by atoms with Crippen LogP contribution < -0.4 is 10.9 Å². The van der Waals surface area contributed by atoms with Gasteiger partial charge in [0.15, 0.2) is 5.16 Å². The van der Waals surface area contributed by atoms with Gasteiger partial charge in [-0.15, -0.1) is 0 Å². The summed E-state index contributed by atoms with van der Waals surface area (Å²) >= 11 is 14.1. The molecule has 2 heterocycles. The number of carbonyl (C=O) groups is 1. The summed E-state index contributed by atoms with van der Waals surface area (Å²) < 4.78 is 0. The van der Waals surface area contributed by atoms with Crippen LogP contribution in [0.5, 0.6) is 0 Å². The van der Waals surface area contributed by atoms with Crippen molar-refractivity contribution in [3.63, 3.8) is 0 Å². The summed E-state index contributed by atoms with van der Waals surface area (Å²) in [6.07, 6.45) is 0.0804. The van der Waals surface area contributed by atoms with Crippen molar-refractivity contribution in [2.75, 3.05) is 5.32 Å². The van der Waals surface area contributed by atoms with Crippen LogP contribution in [0, 0.1) is 6.92 Å². The van der Waals surface area contributed by atoms with Gasteiger partial charge in [0.25, 0.3) is 5.56 Å². The highest BCUT2D eigenvalue weighted by molar-refractivity contribution is 7.98. The Balaban J connectivity index is 1.70. The molecule has 5 nitrogen and oxygen atoms in total. The van der Waals surface area contributed by atoms with E-state index in [0.717, 1.165) is 5.56 Å². The zero-order valence-corrected chi connectivity index (χ0v) is 17.8. The van der Waals surface area contributed by atoms with Crippen LogP contribution in [0.2, 0.25) is 10.0 Å². The van der Waals surface area contributed by atoms with Gasteiger partial charge in [0.1, 0.15) is 5.82 Å². The third-order valence-electron chi connectivity index (χ3n) is 4.74. The Labute approximate surface area is 181 Å². The highest BCUT2D eigenvalue weighted by Crippen LogP contribution is 2.41. The van der Waals surface area contributed by atoms with Crippen LogP contribution in [-0.4, -0.2) is 15.9 Å². The van der Waals surface area contributed by atoms with Gasteiger partial charge < -0.3 is 10.3 Å². The fourth-order valence-electron chi connectivity index (χ4n) is 3.46. The van der Waals surface area contributed by atoms with Gasteiger partial charge in [0.2, 0.25) is 5.91 Å². The molecule has 0 radical (unpaired) electrons. The maximum absolute atomic E-state index is 12.9. The smallest absolute Gasteiger partial charge is 0.257 e. The Morgan fingerprint density at radius 3 is 2.55 bits per heavy atom. The molecule has 0 saturated carbocycles. The van der Waals surface area contributed by atoms with Crippen LogP contribution in [0.4, 0.5) is 5.82 Å². The molecule has 1 aliphatic rings. The number of nitrogens with zero attached hydrogens (tertiary/aromatic N) is 1. The summed E-state index contributed by atoms with van der Waals surface area (Å²) in [5.74, 6) is 0.132. The Morgan fingerprint density at radius 1 is 1.10 bits per heavy atom. The van der Waals surface area contributed by atoms with Crippen molar-refractivity contribution in [1.29, 1.82) is 0 Å². The molecular weight excluding hydrogens is 429 g/mol. The number of aryl methyl sites for hydroxylation is 1. The molecule has 0 saturated heterocycles. The summed E-state index contributed by atoms with van der Waals surface area (Å²) in [4.78, 5) is 32.6. The predicted octanol–water partition coefficient (Wildman–Crippen LogP) is 5.15. The summed E-state index contributed by atoms with van der Waals surface area (Å²) in [5, 5.41) is 4.00. The minimum atomic E-state index is -0.549. The summed E-state index contributed by atoms with van der Waals surface area (Å²) in [5.41, 5.74) is 2.93. The van der Waals surface area contributed by atoms with Gasteiger partial charge in [-0.1, -0.05) is 70.9 Å². The second-order valence-electron chi connectivity index (χ2n) is 6.85. The van der Waals surface area contributed by atoms with Crippen molar-refractivity contribution >= 4 is 46.7 Å². The molecule has 1 aromatic heterocycles. The minimum absolute atomic E-state index is 0.0804. The maximum Gasteiger partial charge on any atom is 0.257 e. The normalized spacial score (nSPS) is 15.7. The standard InChI is InChI=1S/C21H17Cl2N3O2S/c1-11-4-2-5-12(8-11)10-29-21-25-19-18(20(28)26-21)13(9-16(27)24-19)17-14(22)6-3-7-15(17)23/h2-8,13H,9-10H2,1H3,(H2,24,25,26,27,28). The van der Waals surface area contributed by atoms with Gasteiger partial charge >= 0.3 is 0 Å². The Hall–Kier alpha value is -2.28. The average molecular weight is 446 g/mol. The molecule has 3 aromatic rings. The summed E-state index contributed by atoms with van der Waals surface area (Å²) in [6.45, 7) is 2.03. The molecular formula is C21H17Cl2N3O2S. The number of H-pyrrole nitrogens is 1. The van der Waals surface area contributed by atoms with Gasteiger partial charge in [0, 0.05) is 28.1 Å². The van der Waals surface area contributed by atoms with Crippen LogP contribution in [0.25, 0.3) is 0 Å². The van der Waals surface area contributed by atoms with E-state index < -0.39 is 5.92 Å². The van der Waals surface area contributed by atoms with E-state index in [1.807, 2.05) is 25.1 Å². The molecule has 0 aliphatic carbocycles. The van der Waals surface area contributed by atoms with Crippen LogP contribution >= 0.6 is 35.0 Å². The molecule has 2 aromatic carbocycles. The molecule has 0 fully saturated rings. The highest BCUT2D eigenvalue weighted by Gasteiger charge is 2.33. The van der Waals surface area contributed by atoms with Crippen LogP contribution in [-0.2, 0) is 10.5 Å². The molecule has 1 aliphatic heterocycles. The molecule has 1 amide bonds. The van der Waals surface area contributed by atoms with Crippen molar-refractivity contribution in [2.24, 2.45) is 0 Å². The zero-order chi connectivity index (χ0) is 20.5. The molecule has 0 spiro atoms. The first-order valence-corrected chi connectivity index (χ1v) is 10.7. The second-order valence-corrected chi connectivity index (χ2v) is 8.63. The van der Waals surface area contributed by atoms with E-state index in [1.165, 1.54) is 17.3 Å². The first-order valence-electron chi connectivity index (χ1n) is 8.98. The van der Waals surface area contributed by atoms with Gasteiger partial charge in [-0.2, -0.15) is 0 Å². The van der Waals surface area contributed by atoms with E-state index in [4.69, 9.17) is 23.2 Å². The molecule has 0 bridgehead atoms. The molecule has 148 valence electrons. The lowest BCUT2D eigenvalue weighted by molar-refractivity contribution is -0.116. The topological polar surface area (TPSA) is 74.8 Å². The van der Waals surface area contributed by atoms with E-state index in [9.17, 15) is 9.59 Å². The fraction of sp³-hybridized carbons (Fsp3) is 0.190. The Morgan fingerprint density at radius 2 is 1.83 bits per heavy atom. The van der Waals surface area contributed by atoms with Crippen molar-refractivity contribution in [2.45, 2.75) is 30.2 Å². The zero-order valence-electron chi connectivity index (χ0n) is 15.5. The highest BCUT2D eigenvalue weighted by atomic mass is 35.5. The van der Waals surface area contributed by atoms with E-state index in [0.29, 0.717) is 32.1 Å². The van der Waals surface area contributed by atoms with Crippen LogP contribution in [0.1, 0.15) is 34.6 Å². The van der Waals surface area contributed by atoms with E-state index in [2.05, 4.69) is 21.4 Å². The lowest BCUT2D eigenvalue weighted by atomic mass is 9.87. The third kappa shape index (κ3) is 4.20. The quantitative estimate of drug-likeness (QED) is 0.429. The van der Waals surface area contributed by atoms with Crippen LogP contribution in [0.3, 0.4) is 0 Å². The van der Waals surface area contributed by atoms with Crippen molar-refractivity contribution in [3.8, 4) is 0 Å². The van der Waals surface area contributed by atoms with Crippen LogP contribution in [0.15, 0.2) is 52.4 Å².